The van der Waals surface area contributed by atoms with Crippen LogP contribution in [0, 0.1) is 12.3 Å². The van der Waals surface area contributed by atoms with Crippen molar-refractivity contribution in [3.8, 4) is 0 Å². The Kier molecular flexibility index (Phi) is 4.60. The second-order valence-corrected chi connectivity index (χ2v) is 8.08. The van der Waals surface area contributed by atoms with E-state index in [1.165, 1.54) is 23.1 Å². The van der Waals surface area contributed by atoms with Crippen LogP contribution in [-0.2, 0) is 10.0 Å². The molecule has 0 fully saturated rings. The summed E-state index contributed by atoms with van der Waals surface area (Å²) < 4.78 is 28.3. The molecule has 0 aliphatic rings. The minimum Gasteiger partial charge on any atom is -0.383 e. The molecule has 4 N–H and O–H groups in total. The maximum absolute atomic E-state index is 12.5. The molecule has 2 aromatic rings. The smallest absolute Gasteiger partial charge is 0.262 e. The molecule has 0 amide bonds. The molecule has 0 bridgehead atoms. The second kappa shape index (κ2) is 6.08. The molecule has 0 aliphatic heterocycles. The lowest BCUT2D eigenvalue weighted by atomic mass is 10.2. The first kappa shape index (κ1) is 15.9. The average molecular weight is 341 g/mol. The summed E-state index contributed by atoms with van der Waals surface area (Å²) in [5.74, 6) is -0.0726. The summed E-state index contributed by atoms with van der Waals surface area (Å²) >= 11 is 2.71. The third-order valence-electron chi connectivity index (χ3n) is 2.78. The van der Waals surface area contributed by atoms with E-state index in [1.54, 1.807) is 37.3 Å². The minimum absolute atomic E-state index is 0.0726. The van der Waals surface area contributed by atoms with Crippen LogP contribution in [0.25, 0.3) is 0 Å². The monoisotopic (exact) mass is 341 g/mol. The Morgan fingerprint density at radius 2 is 2.05 bits per heavy atom. The van der Waals surface area contributed by atoms with Crippen LogP contribution < -0.4 is 10.5 Å². The quantitative estimate of drug-likeness (QED) is 0.442. The van der Waals surface area contributed by atoms with Gasteiger partial charge in [-0.25, -0.2) is 8.42 Å². The number of hydrogen-bond donors (Lipinski definition) is 3. The van der Waals surface area contributed by atoms with Gasteiger partial charge in [0.05, 0.1) is 19.7 Å². The minimum atomic E-state index is -3.66. The Bertz CT molecular complexity index is 782. The number of thioether (sulfide) groups is 1. The van der Waals surface area contributed by atoms with Crippen LogP contribution in [0.1, 0.15) is 10.4 Å². The van der Waals surface area contributed by atoms with Crippen LogP contribution >= 0.6 is 23.1 Å². The van der Waals surface area contributed by atoms with Crippen molar-refractivity contribution in [3.63, 3.8) is 0 Å². The summed E-state index contributed by atoms with van der Waals surface area (Å²) in [6.45, 7) is 1.75. The van der Waals surface area contributed by atoms with Gasteiger partial charge in [0, 0.05) is 0 Å². The van der Waals surface area contributed by atoms with E-state index in [2.05, 4.69) is 4.72 Å². The molecule has 0 saturated heterocycles. The number of aryl methyl sites for hydroxylation is 1. The number of nitrogen functional groups attached to an aromatic ring is 1. The van der Waals surface area contributed by atoms with Crippen LogP contribution in [-0.4, -0.2) is 20.5 Å². The molecular weight excluding hydrogens is 326 g/mol. The zero-order valence-corrected chi connectivity index (χ0v) is 14.0. The molecule has 0 atom stereocenters. The predicted molar refractivity (Wildman–Crippen MR) is 89.1 cm³/mol. The van der Waals surface area contributed by atoms with E-state index >= 15 is 0 Å². The summed E-state index contributed by atoms with van der Waals surface area (Å²) in [6, 6.07) is 8.38. The first-order chi connectivity index (χ1) is 9.85. The molecule has 112 valence electrons. The SMILES string of the molecule is CSc1sc(C(=N)N)cc1NS(=O)(=O)c1ccccc1C. The number of rotatable bonds is 5. The van der Waals surface area contributed by atoms with E-state index < -0.39 is 10.0 Å². The maximum atomic E-state index is 12.5. The topological polar surface area (TPSA) is 96.0 Å². The third kappa shape index (κ3) is 3.39. The van der Waals surface area contributed by atoms with Crippen molar-refractivity contribution in [3.05, 3.63) is 40.8 Å². The summed E-state index contributed by atoms with van der Waals surface area (Å²) in [4.78, 5) is 0.787. The van der Waals surface area contributed by atoms with Gasteiger partial charge in [-0.1, -0.05) is 18.2 Å². The Labute approximate surface area is 132 Å². The maximum Gasteiger partial charge on any atom is 0.262 e. The van der Waals surface area contributed by atoms with Crippen molar-refractivity contribution in [2.75, 3.05) is 11.0 Å². The van der Waals surface area contributed by atoms with Gasteiger partial charge in [-0.05, 0) is 30.9 Å². The molecule has 5 nitrogen and oxygen atoms in total. The van der Waals surface area contributed by atoms with Crippen LogP contribution in [0.5, 0.6) is 0 Å². The van der Waals surface area contributed by atoms with E-state index in [0.717, 1.165) is 4.21 Å². The van der Waals surface area contributed by atoms with Gasteiger partial charge in [0.25, 0.3) is 10.0 Å². The normalized spacial score (nSPS) is 11.3. The van der Waals surface area contributed by atoms with E-state index in [1.807, 2.05) is 6.26 Å². The van der Waals surface area contributed by atoms with Crippen molar-refractivity contribution < 1.29 is 8.42 Å². The molecular formula is C13H15N3O2S3. The van der Waals surface area contributed by atoms with E-state index in [4.69, 9.17) is 11.1 Å². The van der Waals surface area contributed by atoms with Crippen molar-refractivity contribution in [2.24, 2.45) is 5.73 Å². The van der Waals surface area contributed by atoms with Crippen molar-refractivity contribution in [1.82, 2.24) is 0 Å². The van der Waals surface area contributed by atoms with Gasteiger partial charge >= 0.3 is 0 Å². The number of amidine groups is 1. The number of sulfonamides is 1. The van der Waals surface area contributed by atoms with Crippen molar-refractivity contribution in [1.29, 1.82) is 5.41 Å². The number of hydrogen-bond acceptors (Lipinski definition) is 5. The van der Waals surface area contributed by atoms with E-state index in [-0.39, 0.29) is 10.7 Å². The van der Waals surface area contributed by atoms with Gasteiger partial charge in [0.1, 0.15) is 5.84 Å². The Balaban J connectivity index is 2.42. The van der Waals surface area contributed by atoms with Gasteiger partial charge in [-0.3, -0.25) is 10.1 Å². The fourth-order valence-corrected chi connectivity index (χ4v) is 4.87. The molecule has 2 rings (SSSR count). The zero-order chi connectivity index (χ0) is 15.6. The zero-order valence-electron chi connectivity index (χ0n) is 11.5. The molecule has 1 aromatic carbocycles. The molecule has 21 heavy (non-hydrogen) atoms. The number of anilines is 1. The van der Waals surface area contributed by atoms with Gasteiger partial charge in [0.15, 0.2) is 0 Å². The molecule has 0 aliphatic carbocycles. The second-order valence-electron chi connectivity index (χ2n) is 4.30. The summed E-state index contributed by atoms with van der Waals surface area (Å²) in [7, 11) is -3.66. The highest BCUT2D eigenvalue weighted by Crippen LogP contribution is 2.36. The number of nitrogens with one attached hydrogen (secondary N) is 2. The molecule has 8 heteroatoms. The van der Waals surface area contributed by atoms with Crippen LogP contribution in [0.3, 0.4) is 0 Å². The lowest BCUT2D eigenvalue weighted by Gasteiger charge is -2.10. The fourth-order valence-electron chi connectivity index (χ4n) is 1.79. The van der Waals surface area contributed by atoms with Gasteiger partial charge in [-0.2, -0.15) is 0 Å². The molecule has 1 aromatic heterocycles. The van der Waals surface area contributed by atoms with Crippen LogP contribution in [0.15, 0.2) is 39.4 Å². The molecule has 0 saturated carbocycles. The highest BCUT2D eigenvalue weighted by Gasteiger charge is 2.20. The van der Waals surface area contributed by atoms with Crippen molar-refractivity contribution in [2.45, 2.75) is 16.0 Å². The molecule has 1 heterocycles. The lowest BCUT2D eigenvalue weighted by Crippen LogP contribution is -2.14. The molecule has 0 unspecified atom stereocenters. The van der Waals surface area contributed by atoms with Gasteiger partial charge in [-0.15, -0.1) is 23.1 Å². The van der Waals surface area contributed by atoms with E-state index in [0.29, 0.717) is 16.1 Å². The average Bonchev–Trinajstić information content (AvgIpc) is 2.81. The highest BCUT2D eigenvalue weighted by atomic mass is 32.2. The molecule has 0 spiro atoms. The summed E-state index contributed by atoms with van der Waals surface area (Å²) in [5, 5.41) is 7.45. The van der Waals surface area contributed by atoms with Crippen LogP contribution in [0.4, 0.5) is 5.69 Å². The largest absolute Gasteiger partial charge is 0.383 e. The van der Waals surface area contributed by atoms with Crippen molar-refractivity contribution >= 4 is 44.6 Å². The third-order valence-corrected chi connectivity index (χ3v) is 6.61. The Hall–Kier alpha value is -1.51. The first-order valence-corrected chi connectivity index (χ1v) is 9.48. The fraction of sp³-hybridized carbons (Fsp3) is 0.154. The predicted octanol–water partition coefficient (Wildman–Crippen LogP) is 2.86. The number of thiophene rings is 1. The Morgan fingerprint density at radius 3 is 2.62 bits per heavy atom. The Morgan fingerprint density at radius 1 is 1.38 bits per heavy atom. The number of nitrogens with two attached hydrogens (primary N) is 1. The summed E-state index contributed by atoms with van der Waals surface area (Å²) in [6.07, 6.45) is 1.85. The number of benzene rings is 1. The highest BCUT2D eigenvalue weighted by molar-refractivity contribution is 8.00. The first-order valence-electron chi connectivity index (χ1n) is 5.96. The lowest BCUT2D eigenvalue weighted by molar-refractivity contribution is 0.600. The van der Waals surface area contributed by atoms with Crippen LogP contribution in [0.2, 0.25) is 0 Å². The van der Waals surface area contributed by atoms with Gasteiger partial charge in [0.2, 0.25) is 0 Å². The molecule has 0 radical (unpaired) electrons. The standard InChI is InChI=1S/C13H15N3O2S3/c1-8-5-3-4-6-11(8)21(17,18)16-9-7-10(12(14)15)20-13(9)19-2/h3-7,16H,1-2H3,(H3,14,15). The van der Waals surface area contributed by atoms with E-state index in [9.17, 15) is 8.42 Å². The van der Waals surface area contributed by atoms with Gasteiger partial charge < -0.3 is 5.73 Å². The summed E-state index contributed by atoms with van der Waals surface area (Å²) in [5.41, 5.74) is 6.59.